The Bertz CT molecular complexity index is 604. The van der Waals surface area contributed by atoms with E-state index < -0.39 is 16.0 Å². The van der Waals surface area contributed by atoms with Crippen LogP contribution in [0, 0.1) is 17.8 Å². The molecule has 2 saturated carbocycles. The molecule has 2 aliphatic carbocycles. The van der Waals surface area contributed by atoms with Crippen LogP contribution < -0.4 is 4.72 Å². The van der Waals surface area contributed by atoms with Gasteiger partial charge in [-0.3, -0.25) is 5.10 Å². The van der Waals surface area contributed by atoms with Gasteiger partial charge in [0.2, 0.25) is 0 Å². The predicted octanol–water partition coefficient (Wildman–Crippen LogP) is 0.822. The Kier molecular flexibility index (Phi) is 3.29. The van der Waals surface area contributed by atoms with Gasteiger partial charge in [0, 0.05) is 6.54 Å². The quantitative estimate of drug-likeness (QED) is 0.690. The summed E-state index contributed by atoms with van der Waals surface area (Å²) in [6, 6.07) is 0. The second-order valence-corrected chi connectivity index (χ2v) is 7.31. The average molecular weight is 299 g/mol. The molecule has 0 unspecified atom stereocenters. The summed E-state index contributed by atoms with van der Waals surface area (Å²) in [6.45, 7) is 0.385. The Balaban J connectivity index is 1.71. The number of aromatic carboxylic acids is 1. The molecule has 3 rings (SSSR count). The molecular formula is C12H17N3O4S. The molecule has 2 fully saturated rings. The Hall–Kier alpha value is -1.41. The molecule has 1 aromatic heterocycles. The Labute approximate surface area is 116 Å². The van der Waals surface area contributed by atoms with Gasteiger partial charge in [0.25, 0.3) is 10.0 Å². The number of H-pyrrole nitrogens is 1. The monoisotopic (exact) mass is 299 g/mol. The predicted molar refractivity (Wildman–Crippen MR) is 69.7 cm³/mol. The molecule has 1 heterocycles. The second-order valence-electron chi connectivity index (χ2n) is 5.61. The molecule has 110 valence electrons. The van der Waals surface area contributed by atoms with Crippen molar-refractivity contribution in [2.24, 2.45) is 17.8 Å². The fourth-order valence-electron chi connectivity index (χ4n) is 2.68. The number of nitrogens with zero attached hydrogens (tertiary/aromatic N) is 1. The highest BCUT2D eigenvalue weighted by atomic mass is 32.2. The van der Waals surface area contributed by atoms with Crippen LogP contribution in [0.15, 0.2) is 11.2 Å². The first-order chi connectivity index (χ1) is 9.49. The smallest absolute Gasteiger partial charge is 0.340 e. The van der Waals surface area contributed by atoms with Gasteiger partial charge in [-0.15, -0.1) is 0 Å². The lowest BCUT2D eigenvalue weighted by Gasteiger charge is -2.16. The van der Waals surface area contributed by atoms with Crippen LogP contribution in [0.3, 0.4) is 0 Å². The molecule has 20 heavy (non-hydrogen) atoms. The molecule has 7 nitrogen and oxygen atoms in total. The molecule has 3 N–H and O–H groups in total. The van der Waals surface area contributed by atoms with E-state index in [0.717, 1.165) is 6.20 Å². The van der Waals surface area contributed by atoms with E-state index in [4.69, 9.17) is 5.11 Å². The number of rotatable bonds is 7. The molecule has 0 atom stereocenters. The summed E-state index contributed by atoms with van der Waals surface area (Å²) in [6.07, 6.45) is 5.71. The minimum absolute atomic E-state index is 0.327. The van der Waals surface area contributed by atoms with Gasteiger partial charge in [-0.05, 0) is 43.4 Å². The summed E-state index contributed by atoms with van der Waals surface area (Å²) >= 11 is 0. The number of nitrogens with one attached hydrogen (secondary N) is 2. The first kappa shape index (κ1) is 13.6. The Morgan fingerprint density at radius 1 is 1.40 bits per heavy atom. The van der Waals surface area contributed by atoms with Crippen LogP contribution in [0.1, 0.15) is 36.0 Å². The van der Waals surface area contributed by atoms with Gasteiger partial charge in [0.1, 0.15) is 5.56 Å². The molecule has 2 aliphatic rings. The largest absolute Gasteiger partial charge is 0.478 e. The maximum atomic E-state index is 12.2. The molecule has 0 spiro atoms. The van der Waals surface area contributed by atoms with E-state index in [2.05, 4.69) is 14.9 Å². The third kappa shape index (κ3) is 2.71. The van der Waals surface area contributed by atoms with E-state index in [1.54, 1.807) is 0 Å². The van der Waals surface area contributed by atoms with Gasteiger partial charge >= 0.3 is 5.97 Å². The van der Waals surface area contributed by atoms with E-state index >= 15 is 0 Å². The topological polar surface area (TPSA) is 112 Å². The summed E-state index contributed by atoms with van der Waals surface area (Å²) in [5.74, 6) is 0.345. The van der Waals surface area contributed by atoms with Crippen LogP contribution in [0.2, 0.25) is 0 Å². The molecule has 0 aromatic carbocycles. The van der Waals surface area contributed by atoms with Crippen LogP contribution in [0.5, 0.6) is 0 Å². The highest BCUT2D eigenvalue weighted by Gasteiger charge is 2.41. The highest BCUT2D eigenvalue weighted by Crippen LogP contribution is 2.48. The van der Waals surface area contributed by atoms with Gasteiger partial charge in [0.15, 0.2) is 5.03 Å². The maximum absolute atomic E-state index is 12.2. The van der Waals surface area contributed by atoms with Crippen LogP contribution in [0.4, 0.5) is 0 Å². The standard InChI is InChI=1S/C12H17N3O4S/c16-12(17)10-5-13-15-11(10)20(18,19)14-6-9(7-1-2-7)8-3-4-8/h5,7-9,14H,1-4,6H2,(H,13,15)(H,16,17). The van der Waals surface area contributed by atoms with Gasteiger partial charge in [0.05, 0.1) is 6.20 Å². The zero-order chi connectivity index (χ0) is 14.3. The zero-order valence-electron chi connectivity index (χ0n) is 10.9. The van der Waals surface area contributed by atoms with Crippen molar-refractivity contribution in [2.75, 3.05) is 6.54 Å². The van der Waals surface area contributed by atoms with Crippen LogP contribution in [0.25, 0.3) is 0 Å². The van der Waals surface area contributed by atoms with Crippen LogP contribution in [-0.2, 0) is 10.0 Å². The molecule has 0 radical (unpaired) electrons. The van der Waals surface area contributed by atoms with E-state index in [1.165, 1.54) is 25.7 Å². The maximum Gasteiger partial charge on any atom is 0.340 e. The lowest BCUT2D eigenvalue weighted by molar-refractivity contribution is 0.0692. The first-order valence-electron chi connectivity index (χ1n) is 6.75. The van der Waals surface area contributed by atoms with Gasteiger partial charge in [-0.1, -0.05) is 0 Å². The van der Waals surface area contributed by atoms with Crippen molar-refractivity contribution >= 4 is 16.0 Å². The van der Waals surface area contributed by atoms with E-state index in [-0.39, 0.29) is 10.6 Å². The minimum Gasteiger partial charge on any atom is -0.478 e. The lowest BCUT2D eigenvalue weighted by Crippen LogP contribution is -2.32. The van der Waals surface area contributed by atoms with E-state index in [0.29, 0.717) is 24.3 Å². The molecule has 8 heteroatoms. The van der Waals surface area contributed by atoms with Crippen molar-refractivity contribution in [3.8, 4) is 0 Å². The van der Waals surface area contributed by atoms with Crippen molar-refractivity contribution in [3.63, 3.8) is 0 Å². The summed E-state index contributed by atoms with van der Waals surface area (Å²) in [5.41, 5.74) is -0.327. The normalized spacial score (nSPS) is 19.4. The second kappa shape index (κ2) is 4.85. The van der Waals surface area contributed by atoms with Crippen molar-refractivity contribution in [1.82, 2.24) is 14.9 Å². The van der Waals surface area contributed by atoms with E-state index in [1.807, 2.05) is 0 Å². The molecule has 1 aromatic rings. The summed E-state index contributed by atoms with van der Waals surface area (Å²) < 4.78 is 26.9. The third-order valence-corrected chi connectivity index (χ3v) is 5.46. The Morgan fingerprint density at radius 2 is 2.00 bits per heavy atom. The summed E-state index contributed by atoms with van der Waals surface area (Å²) in [4.78, 5) is 11.0. The number of carboxylic acid groups (broad SMARTS) is 1. The highest BCUT2D eigenvalue weighted by molar-refractivity contribution is 7.89. The molecule has 0 saturated heterocycles. The molecule has 0 bridgehead atoms. The van der Waals surface area contributed by atoms with Crippen molar-refractivity contribution in [3.05, 3.63) is 11.8 Å². The summed E-state index contributed by atoms with van der Waals surface area (Å²) in [5, 5.41) is 14.3. The first-order valence-corrected chi connectivity index (χ1v) is 8.23. The average Bonchev–Trinajstić information content (AvgIpc) is 3.30. The fourth-order valence-corrected chi connectivity index (χ4v) is 3.84. The number of sulfonamides is 1. The van der Waals surface area contributed by atoms with Crippen molar-refractivity contribution < 1.29 is 18.3 Å². The number of aromatic nitrogens is 2. The number of carbonyl (C=O) groups is 1. The van der Waals surface area contributed by atoms with Gasteiger partial charge in [-0.25, -0.2) is 17.9 Å². The van der Waals surface area contributed by atoms with Gasteiger partial charge in [-0.2, -0.15) is 5.10 Å². The molecule has 0 aliphatic heterocycles. The SMILES string of the molecule is O=C(O)c1cn[nH]c1S(=O)(=O)NCC(C1CC1)C1CC1. The number of aromatic amines is 1. The lowest BCUT2D eigenvalue weighted by atomic mass is 9.99. The molecular weight excluding hydrogens is 282 g/mol. The van der Waals surface area contributed by atoms with E-state index in [9.17, 15) is 13.2 Å². The Morgan fingerprint density at radius 3 is 2.50 bits per heavy atom. The number of carboxylic acids is 1. The fraction of sp³-hybridized carbons (Fsp3) is 0.667. The van der Waals surface area contributed by atoms with Crippen LogP contribution in [-0.4, -0.2) is 36.2 Å². The van der Waals surface area contributed by atoms with Crippen molar-refractivity contribution in [2.45, 2.75) is 30.7 Å². The molecule has 0 amide bonds. The third-order valence-electron chi connectivity index (χ3n) is 4.07. The zero-order valence-corrected chi connectivity index (χ0v) is 11.7. The van der Waals surface area contributed by atoms with Gasteiger partial charge < -0.3 is 5.11 Å². The number of hydrogen-bond donors (Lipinski definition) is 3. The summed E-state index contributed by atoms with van der Waals surface area (Å²) in [7, 11) is -3.85. The van der Waals surface area contributed by atoms with Crippen molar-refractivity contribution in [1.29, 1.82) is 0 Å². The minimum atomic E-state index is -3.85. The van der Waals surface area contributed by atoms with Crippen LogP contribution >= 0.6 is 0 Å². The number of hydrogen-bond acceptors (Lipinski definition) is 4.